The van der Waals surface area contributed by atoms with Crippen LogP contribution in [0.3, 0.4) is 0 Å². The Bertz CT molecular complexity index is 751. The molecule has 25 heavy (non-hydrogen) atoms. The summed E-state index contributed by atoms with van der Waals surface area (Å²) in [7, 11) is 0. The Hall–Kier alpha value is -2.04. The zero-order valence-corrected chi connectivity index (χ0v) is 14.7. The number of hydrogen-bond donors (Lipinski definition) is 1. The van der Waals surface area contributed by atoms with Crippen LogP contribution >= 0.6 is 24.0 Å². The van der Waals surface area contributed by atoms with Crippen LogP contribution in [0.1, 0.15) is 12.5 Å². The lowest BCUT2D eigenvalue weighted by Gasteiger charge is -2.44. The van der Waals surface area contributed by atoms with E-state index in [1.165, 1.54) is 47.9 Å². The van der Waals surface area contributed by atoms with Crippen LogP contribution in [0.15, 0.2) is 24.3 Å². The standard InChI is InChI=1S/C15H14N2O6S2/c1-7(18)10-12(19)16-11(15(24)25-13(10)16)14(20)23-6-8-2-4-9(5-3-8)17(21)22/h2-5,7,10-11,13,18H,6H2,1H3/t7?,10?,11?,13-/m0/s1. The summed E-state index contributed by atoms with van der Waals surface area (Å²) in [5.41, 5.74) is 0.533. The minimum Gasteiger partial charge on any atom is -0.459 e. The Morgan fingerprint density at radius 3 is 2.68 bits per heavy atom. The van der Waals surface area contributed by atoms with Crippen molar-refractivity contribution in [2.24, 2.45) is 5.92 Å². The summed E-state index contributed by atoms with van der Waals surface area (Å²) in [6.45, 7) is 1.46. The Kier molecular flexibility index (Phi) is 4.76. The van der Waals surface area contributed by atoms with Crippen LogP contribution in [0.25, 0.3) is 0 Å². The van der Waals surface area contributed by atoms with E-state index in [9.17, 15) is 24.8 Å². The van der Waals surface area contributed by atoms with E-state index in [4.69, 9.17) is 17.0 Å². The number of hydrogen-bond acceptors (Lipinski definition) is 8. The summed E-state index contributed by atoms with van der Waals surface area (Å²) in [5.74, 6) is -1.52. The summed E-state index contributed by atoms with van der Waals surface area (Å²) < 4.78 is 5.56. The molecule has 0 spiro atoms. The first-order valence-corrected chi connectivity index (χ1v) is 8.70. The summed E-state index contributed by atoms with van der Waals surface area (Å²) in [5, 5.41) is 19.9. The fourth-order valence-corrected chi connectivity index (χ4v) is 4.73. The van der Waals surface area contributed by atoms with Gasteiger partial charge in [-0.25, -0.2) is 4.79 Å². The van der Waals surface area contributed by atoms with Crippen LogP contribution in [-0.4, -0.2) is 48.5 Å². The summed E-state index contributed by atoms with van der Waals surface area (Å²) in [6, 6.07) is 4.69. The van der Waals surface area contributed by atoms with Gasteiger partial charge in [-0.3, -0.25) is 14.9 Å². The number of nitro groups is 1. The van der Waals surface area contributed by atoms with Crippen molar-refractivity contribution in [2.75, 3.05) is 0 Å². The van der Waals surface area contributed by atoms with Gasteiger partial charge in [0, 0.05) is 12.1 Å². The van der Waals surface area contributed by atoms with Gasteiger partial charge in [0.15, 0.2) is 6.04 Å². The zero-order valence-electron chi connectivity index (χ0n) is 13.0. The average molecular weight is 382 g/mol. The Labute approximate surface area is 152 Å². The van der Waals surface area contributed by atoms with E-state index in [1.54, 1.807) is 0 Å². The molecule has 1 aromatic carbocycles. The second kappa shape index (κ2) is 6.70. The number of β-lactam (4-membered cyclic amide) rings is 1. The number of benzene rings is 1. The number of amides is 1. The molecule has 3 unspecified atom stereocenters. The molecule has 0 aliphatic carbocycles. The van der Waals surface area contributed by atoms with Crippen molar-refractivity contribution in [1.29, 1.82) is 0 Å². The highest BCUT2D eigenvalue weighted by atomic mass is 32.2. The molecule has 4 atom stereocenters. The lowest BCUT2D eigenvalue weighted by Crippen LogP contribution is -2.64. The second-order valence-corrected chi connectivity index (χ2v) is 7.63. The van der Waals surface area contributed by atoms with Crippen LogP contribution in [0.4, 0.5) is 5.69 Å². The van der Waals surface area contributed by atoms with Crippen molar-refractivity contribution in [2.45, 2.75) is 31.1 Å². The van der Waals surface area contributed by atoms with E-state index in [0.29, 0.717) is 9.76 Å². The van der Waals surface area contributed by atoms with Crippen LogP contribution < -0.4 is 0 Å². The van der Waals surface area contributed by atoms with Gasteiger partial charge in [-0.1, -0.05) is 24.0 Å². The molecule has 1 N–H and O–H groups in total. The minimum atomic E-state index is -0.939. The van der Waals surface area contributed by atoms with Gasteiger partial charge < -0.3 is 14.7 Å². The molecular weight excluding hydrogens is 368 g/mol. The number of thioether (sulfide) groups is 1. The predicted octanol–water partition coefficient (Wildman–Crippen LogP) is 1.25. The highest BCUT2D eigenvalue weighted by Gasteiger charge is 2.60. The van der Waals surface area contributed by atoms with E-state index in [1.807, 2.05) is 0 Å². The SMILES string of the molecule is CC(O)C1C(=O)N2C(C(=O)OCc3ccc([N+](=O)[O-])cc3)C(=S)S[C@@H]12. The molecule has 0 bridgehead atoms. The first-order chi connectivity index (χ1) is 11.8. The maximum Gasteiger partial charge on any atom is 0.335 e. The largest absolute Gasteiger partial charge is 0.459 e. The molecule has 132 valence electrons. The molecule has 2 heterocycles. The fraction of sp³-hybridized carbons (Fsp3) is 0.400. The molecule has 8 nitrogen and oxygen atoms in total. The number of esters is 1. The fourth-order valence-electron chi connectivity index (χ4n) is 2.81. The predicted molar refractivity (Wildman–Crippen MR) is 92.7 cm³/mol. The van der Waals surface area contributed by atoms with Crippen LogP contribution in [0, 0.1) is 16.0 Å². The van der Waals surface area contributed by atoms with E-state index < -0.39 is 29.0 Å². The molecule has 10 heteroatoms. The van der Waals surface area contributed by atoms with Crippen molar-refractivity contribution in [3.63, 3.8) is 0 Å². The van der Waals surface area contributed by atoms with Gasteiger partial charge in [0.1, 0.15) is 6.61 Å². The maximum atomic E-state index is 12.3. The smallest absolute Gasteiger partial charge is 0.335 e. The third-order valence-electron chi connectivity index (χ3n) is 4.13. The average Bonchev–Trinajstić information content (AvgIpc) is 2.85. The molecule has 2 saturated heterocycles. The highest BCUT2D eigenvalue weighted by molar-refractivity contribution is 8.24. The minimum absolute atomic E-state index is 0.0540. The van der Waals surface area contributed by atoms with Crippen molar-refractivity contribution in [1.82, 2.24) is 4.90 Å². The van der Waals surface area contributed by atoms with Gasteiger partial charge in [0.25, 0.3) is 5.69 Å². The van der Waals surface area contributed by atoms with Gasteiger partial charge in [0.05, 0.1) is 26.5 Å². The van der Waals surface area contributed by atoms with E-state index in [0.717, 1.165) is 0 Å². The van der Waals surface area contributed by atoms with Gasteiger partial charge in [-0.15, -0.1) is 0 Å². The Morgan fingerprint density at radius 2 is 2.12 bits per heavy atom. The number of nitrogens with zero attached hydrogens (tertiary/aromatic N) is 2. The molecular formula is C15H14N2O6S2. The molecule has 1 aromatic rings. The third-order valence-corrected chi connectivity index (χ3v) is 5.86. The lowest BCUT2D eigenvalue weighted by atomic mass is 9.91. The molecule has 3 rings (SSSR count). The van der Waals surface area contributed by atoms with Gasteiger partial charge >= 0.3 is 5.97 Å². The first-order valence-electron chi connectivity index (χ1n) is 7.42. The Morgan fingerprint density at radius 1 is 1.48 bits per heavy atom. The second-order valence-electron chi connectivity index (χ2n) is 5.77. The quantitative estimate of drug-likeness (QED) is 0.266. The monoisotopic (exact) mass is 382 g/mol. The number of non-ortho nitro benzene ring substituents is 1. The number of fused-ring (bicyclic) bond motifs is 1. The van der Waals surface area contributed by atoms with E-state index >= 15 is 0 Å². The number of carbonyl (C=O) groups is 2. The molecule has 0 aromatic heterocycles. The topological polar surface area (TPSA) is 110 Å². The highest BCUT2D eigenvalue weighted by Crippen LogP contribution is 2.46. The first kappa shape index (κ1) is 17.8. The molecule has 2 aliphatic rings. The molecule has 1 amide bonds. The van der Waals surface area contributed by atoms with E-state index in [2.05, 4.69) is 0 Å². The van der Waals surface area contributed by atoms with Crippen molar-refractivity contribution >= 4 is 45.7 Å². The number of carbonyl (C=O) groups excluding carboxylic acids is 2. The third kappa shape index (κ3) is 3.12. The number of aliphatic hydroxyl groups is 1. The zero-order chi connectivity index (χ0) is 18.3. The molecule has 0 radical (unpaired) electrons. The van der Waals surface area contributed by atoms with Crippen LogP contribution in [0.5, 0.6) is 0 Å². The maximum absolute atomic E-state index is 12.3. The van der Waals surface area contributed by atoms with E-state index in [-0.39, 0.29) is 23.6 Å². The Balaban J connectivity index is 1.63. The van der Waals surface area contributed by atoms with Crippen molar-refractivity contribution < 1.29 is 24.4 Å². The number of nitro benzene ring substituents is 1. The molecule has 0 saturated carbocycles. The van der Waals surface area contributed by atoms with Gasteiger partial charge in [-0.05, 0) is 24.6 Å². The molecule has 2 aliphatic heterocycles. The number of thiocarbonyl (C=S) groups is 1. The van der Waals surface area contributed by atoms with Gasteiger partial charge in [0.2, 0.25) is 5.91 Å². The van der Waals surface area contributed by atoms with Gasteiger partial charge in [-0.2, -0.15) is 0 Å². The summed E-state index contributed by atoms with van der Waals surface area (Å²) in [6.07, 6.45) is -0.807. The summed E-state index contributed by atoms with van der Waals surface area (Å²) >= 11 is 6.41. The normalized spacial score (nSPS) is 26.0. The number of aliphatic hydroxyl groups excluding tert-OH is 1. The summed E-state index contributed by atoms with van der Waals surface area (Å²) in [4.78, 5) is 35.9. The van der Waals surface area contributed by atoms with Crippen molar-refractivity contribution in [3.05, 3.63) is 39.9 Å². The lowest BCUT2D eigenvalue weighted by molar-refractivity contribution is -0.384. The van der Waals surface area contributed by atoms with Crippen LogP contribution in [-0.2, 0) is 20.9 Å². The van der Waals surface area contributed by atoms with Crippen LogP contribution in [0.2, 0.25) is 0 Å². The molecule has 2 fully saturated rings. The van der Waals surface area contributed by atoms with Crippen molar-refractivity contribution in [3.8, 4) is 0 Å². The number of rotatable bonds is 5. The number of ether oxygens (including phenoxy) is 1.